The molecule has 1 aromatic heterocycles. The third-order valence-electron chi connectivity index (χ3n) is 2.28. The molecule has 0 aliphatic carbocycles. The second-order valence-electron chi connectivity index (χ2n) is 3.04. The van der Waals surface area contributed by atoms with Crippen molar-refractivity contribution in [2.75, 3.05) is 0 Å². The topological polar surface area (TPSA) is 17.8 Å². The zero-order chi connectivity index (χ0) is 9.42. The summed E-state index contributed by atoms with van der Waals surface area (Å²) >= 11 is 0. The highest BCUT2D eigenvalue weighted by Gasteiger charge is 2.08. The average molecular weight is 178 g/mol. The first-order valence-corrected chi connectivity index (χ1v) is 4.35. The number of nitrogens with zero attached hydrogens (tertiary/aromatic N) is 2. The first kappa shape index (κ1) is 8.23. The van der Waals surface area contributed by atoms with E-state index < -0.39 is 0 Å². The molecule has 0 N–H and O–H groups in total. The molecule has 0 aliphatic rings. The number of halogens is 1. The highest BCUT2D eigenvalue weighted by atomic mass is 19.1. The third-order valence-corrected chi connectivity index (χ3v) is 2.28. The van der Waals surface area contributed by atoms with Crippen molar-refractivity contribution in [1.82, 2.24) is 9.78 Å². The van der Waals surface area contributed by atoms with Crippen molar-refractivity contribution < 1.29 is 4.39 Å². The molecule has 2 nitrogen and oxygen atoms in total. The van der Waals surface area contributed by atoms with Crippen LogP contribution in [0.1, 0.15) is 12.6 Å². The van der Waals surface area contributed by atoms with Crippen molar-refractivity contribution in [3.63, 3.8) is 0 Å². The lowest BCUT2D eigenvalue weighted by Crippen LogP contribution is -1.97. The predicted octanol–water partition coefficient (Wildman–Crippen LogP) is 2.50. The first-order valence-electron chi connectivity index (χ1n) is 4.35. The van der Waals surface area contributed by atoms with Crippen LogP contribution in [-0.2, 0) is 6.54 Å². The largest absolute Gasteiger partial charge is 0.269 e. The van der Waals surface area contributed by atoms with Crippen molar-refractivity contribution in [3.8, 4) is 0 Å². The zero-order valence-corrected chi connectivity index (χ0v) is 7.71. The molecule has 1 aromatic carbocycles. The molecule has 0 radical (unpaired) electrons. The van der Waals surface area contributed by atoms with E-state index in [9.17, 15) is 4.39 Å². The van der Waals surface area contributed by atoms with Crippen LogP contribution in [0.3, 0.4) is 0 Å². The van der Waals surface area contributed by atoms with Gasteiger partial charge in [0.2, 0.25) is 0 Å². The van der Waals surface area contributed by atoms with Crippen molar-refractivity contribution in [1.29, 1.82) is 0 Å². The summed E-state index contributed by atoms with van der Waals surface area (Å²) < 4.78 is 15.1. The summed E-state index contributed by atoms with van der Waals surface area (Å²) in [6.45, 7) is 4.73. The monoisotopic (exact) mass is 178 g/mol. The van der Waals surface area contributed by atoms with Crippen molar-refractivity contribution >= 4 is 10.9 Å². The van der Waals surface area contributed by atoms with Gasteiger partial charge in [-0.1, -0.05) is 12.1 Å². The number of aromatic nitrogens is 2. The molecule has 0 saturated carbocycles. The lowest BCUT2D eigenvalue weighted by molar-refractivity contribution is 0.618. The summed E-state index contributed by atoms with van der Waals surface area (Å²) in [5.74, 6) is -0.243. The van der Waals surface area contributed by atoms with Gasteiger partial charge in [0.1, 0.15) is 5.52 Å². The van der Waals surface area contributed by atoms with Gasteiger partial charge < -0.3 is 0 Å². The maximum absolute atomic E-state index is 13.2. The van der Waals surface area contributed by atoms with Crippen LogP contribution in [0, 0.1) is 12.7 Å². The molecule has 13 heavy (non-hydrogen) atoms. The Morgan fingerprint density at radius 2 is 2.23 bits per heavy atom. The maximum Gasteiger partial charge on any atom is 0.151 e. The Bertz CT molecular complexity index is 445. The Labute approximate surface area is 76.0 Å². The molecule has 0 saturated heterocycles. The van der Waals surface area contributed by atoms with E-state index in [1.807, 2.05) is 24.6 Å². The van der Waals surface area contributed by atoms with Crippen molar-refractivity contribution in [2.45, 2.75) is 20.4 Å². The highest BCUT2D eigenvalue weighted by Crippen LogP contribution is 2.19. The molecule has 2 rings (SSSR count). The minimum absolute atomic E-state index is 0.243. The molecule has 0 unspecified atom stereocenters. The standard InChI is InChI=1S/C10H11FN2/c1-3-13-7(2)8-5-4-6-9(11)10(8)12-13/h4-6H,3H2,1-2H3. The van der Waals surface area contributed by atoms with Crippen LogP contribution >= 0.6 is 0 Å². The SMILES string of the molecule is CCn1nc2c(F)cccc2c1C. The molecule has 0 aliphatic heterocycles. The molecule has 0 amide bonds. The van der Waals surface area contributed by atoms with E-state index in [-0.39, 0.29) is 5.82 Å². The van der Waals surface area contributed by atoms with Crippen LogP contribution in [0.2, 0.25) is 0 Å². The van der Waals surface area contributed by atoms with Gasteiger partial charge in [-0.15, -0.1) is 0 Å². The van der Waals surface area contributed by atoms with Crippen LogP contribution in [0.15, 0.2) is 18.2 Å². The normalized spacial score (nSPS) is 11.0. The number of hydrogen-bond donors (Lipinski definition) is 0. The minimum atomic E-state index is -0.243. The van der Waals surface area contributed by atoms with E-state index in [1.54, 1.807) is 6.07 Å². The van der Waals surface area contributed by atoms with Crippen molar-refractivity contribution in [2.24, 2.45) is 0 Å². The number of aryl methyl sites for hydroxylation is 2. The van der Waals surface area contributed by atoms with Crippen LogP contribution in [0.25, 0.3) is 10.9 Å². The molecule has 3 heteroatoms. The Kier molecular flexibility index (Phi) is 1.79. The molecule has 0 spiro atoms. The zero-order valence-electron chi connectivity index (χ0n) is 7.71. The maximum atomic E-state index is 13.2. The molecule has 0 atom stereocenters. The Balaban J connectivity index is 2.83. The van der Waals surface area contributed by atoms with Gasteiger partial charge in [0, 0.05) is 17.6 Å². The fourth-order valence-electron chi connectivity index (χ4n) is 1.55. The molecule has 2 aromatic rings. The molecular formula is C10H11FN2. The van der Waals surface area contributed by atoms with E-state index in [1.165, 1.54) is 6.07 Å². The smallest absolute Gasteiger partial charge is 0.151 e. The average Bonchev–Trinajstić information content (AvgIpc) is 2.45. The summed E-state index contributed by atoms with van der Waals surface area (Å²) in [4.78, 5) is 0. The Hall–Kier alpha value is -1.38. The summed E-state index contributed by atoms with van der Waals surface area (Å²) in [7, 11) is 0. The third kappa shape index (κ3) is 1.11. The number of fused-ring (bicyclic) bond motifs is 1. The Morgan fingerprint density at radius 1 is 1.46 bits per heavy atom. The van der Waals surface area contributed by atoms with Gasteiger partial charge in [0.25, 0.3) is 0 Å². The van der Waals surface area contributed by atoms with Crippen LogP contribution in [0.4, 0.5) is 4.39 Å². The van der Waals surface area contributed by atoms with Gasteiger partial charge in [-0.25, -0.2) is 4.39 Å². The molecule has 0 fully saturated rings. The van der Waals surface area contributed by atoms with E-state index >= 15 is 0 Å². The second kappa shape index (κ2) is 2.83. The number of benzene rings is 1. The Morgan fingerprint density at radius 3 is 2.85 bits per heavy atom. The summed E-state index contributed by atoms with van der Waals surface area (Å²) in [5, 5.41) is 5.08. The molecular weight excluding hydrogens is 167 g/mol. The van der Waals surface area contributed by atoms with E-state index in [2.05, 4.69) is 5.10 Å². The number of hydrogen-bond acceptors (Lipinski definition) is 1. The highest BCUT2D eigenvalue weighted by molar-refractivity contribution is 5.81. The van der Waals surface area contributed by atoms with Crippen LogP contribution in [-0.4, -0.2) is 9.78 Å². The summed E-state index contributed by atoms with van der Waals surface area (Å²) in [6.07, 6.45) is 0. The molecule has 0 bridgehead atoms. The quantitative estimate of drug-likeness (QED) is 0.656. The van der Waals surface area contributed by atoms with Gasteiger partial charge in [-0.3, -0.25) is 4.68 Å². The van der Waals surface area contributed by atoms with E-state index in [0.29, 0.717) is 5.52 Å². The first-order chi connectivity index (χ1) is 6.24. The van der Waals surface area contributed by atoms with E-state index in [4.69, 9.17) is 0 Å². The lowest BCUT2D eigenvalue weighted by Gasteiger charge is -1.96. The second-order valence-corrected chi connectivity index (χ2v) is 3.04. The summed E-state index contributed by atoms with van der Waals surface area (Å²) in [6, 6.07) is 5.05. The molecule has 68 valence electrons. The van der Waals surface area contributed by atoms with Gasteiger partial charge in [0.15, 0.2) is 5.82 Å². The minimum Gasteiger partial charge on any atom is -0.269 e. The predicted molar refractivity (Wildman–Crippen MR) is 50.1 cm³/mol. The number of rotatable bonds is 1. The van der Waals surface area contributed by atoms with Crippen molar-refractivity contribution in [3.05, 3.63) is 29.7 Å². The van der Waals surface area contributed by atoms with Gasteiger partial charge in [-0.05, 0) is 19.9 Å². The van der Waals surface area contributed by atoms with Crippen LogP contribution in [0.5, 0.6) is 0 Å². The van der Waals surface area contributed by atoms with Gasteiger partial charge in [0.05, 0.1) is 0 Å². The fraction of sp³-hybridized carbons (Fsp3) is 0.300. The lowest BCUT2D eigenvalue weighted by atomic mass is 10.2. The van der Waals surface area contributed by atoms with E-state index in [0.717, 1.165) is 17.6 Å². The fourth-order valence-corrected chi connectivity index (χ4v) is 1.55. The van der Waals surface area contributed by atoms with Gasteiger partial charge in [-0.2, -0.15) is 5.10 Å². The molecule has 1 heterocycles. The summed E-state index contributed by atoms with van der Waals surface area (Å²) in [5.41, 5.74) is 1.50. The van der Waals surface area contributed by atoms with Crippen LogP contribution < -0.4 is 0 Å². The van der Waals surface area contributed by atoms with Gasteiger partial charge >= 0.3 is 0 Å².